The van der Waals surface area contributed by atoms with Crippen molar-refractivity contribution in [2.45, 2.75) is 24.5 Å². The van der Waals surface area contributed by atoms with Crippen LogP contribution in [0, 0.1) is 0 Å². The number of aliphatic hydroxyl groups is 2. The average Bonchev–Trinajstić information content (AvgIpc) is 3.07. The molecule has 10 nitrogen and oxygen atoms in total. The van der Waals surface area contributed by atoms with Crippen molar-refractivity contribution in [2.24, 2.45) is 0 Å². The minimum Gasteiger partial charge on any atom is -0.394 e. The lowest BCUT2D eigenvalue weighted by atomic mass is 10.1. The number of aromatic nitrogens is 4. The number of fused-ring (bicyclic) bond motifs is 1. The van der Waals surface area contributed by atoms with E-state index in [2.05, 4.69) is 15.0 Å². The molecule has 0 spiro atoms. The van der Waals surface area contributed by atoms with Gasteiger partial charge in [-0.2, -0.15) is 0 Å². The highest BCUT2D eigenvalue weighted by Crippen LogP contribution is 2.33. The molecule has 22 heavy (non-hydrogen) atoms. The Bertz CT molecular complexity index is 677. The molecule has 2 aromatic heterocycles. The van der Waals surface area contributed by atoms with Crippen LogP contribution in [0.3, 0.4) is 0 Å². The van der Waals surface area contributed by atoms with Gasteiger partial charge in [-0.3, -0.25) is 4.57 Å². The summed E-state index contributed by atoms with van der Waals surface area (Å²) in [4.78, 5) is 22.6. The normalized spacial score (nSPS) is 28.3. The highest BCUT2D eigenvalue weighted by Gasteiger charge is 2.45. The Hall–Kier alpha value is -2.14. The predicted molar refractivity (Wildman–Crippen MR) is 72.5 cm³/mol. The van der Waals surface area contributed by atoms with Gasteiger partial charge in [0.1, 0.15) is 43.0 Å². The van der Waals surface area contributed by atoms with Gasteiger partial charge in [-0.25, -0.2) is 15.0 Å². The zero-order valence-corrected chi connectivity index (χ0v) is 11.4. The number of aldehydes is 1. The zero-order valence-electron chi connectivity index (χ0n) is 11.4. The molecular weight excluding hydrogens is 294 g/mol. The maximum Gasteiger partial charge on any atom is 0.167 e. The Morgan fingerprint density at radius 1 is 1.45 bits per heavy atom. The number of rotatable bonds is 5. The van der Waals surface area contributed by atoms with Crippen LogP contribution in [0.5, 0.6) is 0 Å². The Kier molecular flexibility index (Phi) is 3.98. The number of imidazole rings is 1. The summed E-state index contributed by atoms with van der Waals surface area (Å²) in [5.74, 6) is 0.214. The summed E-state index contributed by atoms with van der Waals surface area (Å²) in [5.41, 5.74) is 6.53. The minimum absolute atomic E-state index is 0.205. The Labute approximate surface area is 124 Å². The molecule has 0 saturated carbocycles. The lowest BCUT2D eigenvalue weighted by Crippen LogP contribution is -2.35. The Morgan fingerprint density at radius 2 is 2.27 bits per heavy atom. The molecule has 1 aliphatic heterocycles. The van der Waals surface area contributed by atoms with Crippen molar-refractivity contribution in [1.82, 2.24) is 19.5 Å². The molecule has 0 bridgehead atoms. The summed E-state index contributed by atoms with van der Waals surface area (Å²) >= 11 is 0. The van der Waals surface area contributed by atoms with Gasteiger partial charge < -0.3 is 30.2 Å². The number of hydrogen-bond donors (Lipinski definition) is 3. The number of nitrogens with zero attached hydrogens (tertiary/aromatic N) is 4. The molecule has 0 aromatic carbocycles. The van der Waals surface area contributed by atoms with Crippen LogP contribution in [-0.4, -0.2) is 67.5 Å². The van der Waals surface area contributed by atoms with Crippen molar-refractivity contribution in [3.8, 4) is 0 Å². The summed E-state index contributed by atoms with van der Waals surface area (Å²) in [7, 11) is 0. The van der Waals surface area contributed by atoms with E-state index in [4.69, 9.17) is 15.2 Å². The molecule has 0 radical (unpaired) electrons. The summed E-state index contributed by atoms with van der Waals surface area (Å²) in [5, 5.41) is 19.4. The first-order valence-electron chi connectivity index (χ1n) is 6.60. The largest absolute Gasteiger partial charge is 0.394 e. The van der Waals surface area contributed by atoms with Crippen molar-refractivity contribution in [1.29, 1.82) is 0 Å². The maximum atomic E-state index is 10.5. The molecule has 4 N–H and O–H groups in total. The lowest BCUT2D eigenvalue weighted by Gasteiger charge is -2.20. The number of aliphatic hydroxyl groups excluding tert-OH is 2. The van der Waals surface area contributed by atoms with Gasteiger partial charge >= 0.3 is 0 Å². The van der Waals surface area contributed by atoms with Crippen molar-refractivity contribution in [3.63, 3.8) is 0 Å². The quantitative estimate of drug-likeness (QED) is 0.547. The molecule has 0 amide bonds. The number of anilines is 1. The van der Waals surface area contributed by atoms with Gasteiger partial charge in [-0.1, -0.05) is 0 Å². The van der Waals surface area contributed by atoms with E-state index in [1.54, 1.807) is 0 Å². The molecule has 0 unspecified atom stereocenters. The molecule has 3 heterocycles. The molecule has 118 valence electrons. The van der Waals surface area contributed by atoms with Gasteiger partial charge in [0, 0.05) is 0 Å². The van der Waals surface area contributed by atoms with E-state index in [-0.39, 0.29) is 19.0 Å². The van der Waals surface area contributed by atoms with E-state index in [1.165, 1.54) is 17.2 Å². The average molecular weight is 309 g/mol. The van der Waals surface area contributed by atoms with Crippen LogP contribution < -0.4 is 5.73 Å². The first-order chi connectivity index (χ1) is 10.7. The summed E-state index contributed by atoms with van der Waals surface area (Å²) in [6.07, 6.45) is -0.287. The van der Waals surface area contributed by atoms with Crippen LogP contribution in [0.25, 0.3) is 11.2 Å². The monoisotopic (exact) mass is 309 g/mol. The predicted octanol–water partition coefficient (Wildman–Crippen LogP) is -1.76. The second-order valence-corrected chi connectivity index (χ2v) is 4.79. The van der Waals surface area contributed by atoms with E-state index < -0.39 is 24.5 Å². The van der Waals surface area contributed by atoms with Crippen molar-refractivity contribution >= 4 is 23.3 Å². The van der Waals surface area contributed by atoms with Crippen LogP contribution in [0.2, 0.25) is 0 Å². The maximum absolute atomic E-state index is 10.5. The SMILES string of the molecule is Nc1ncnc2c1ncn2[C@@H]1O[C@H](CO)[C@@H](O)[C@H]1OCC=O. The Balaban J connectivity index is 1.99. The van der Waals surface area contributed by atoms with E-state index in [1.807, 2.05) is 0 Å². The fraction of sp³-hybridized carbons (Fsp3) is 0.500. The first-order valence-corrected chi connectivity index (χ1v) is 6.60. The van der Waals surface area contributed by atoms with Crippen LogP contribution >= 0.6 is 0 Å². The third-order valence-corrected chi connectivity index (χ3v) is 3.51. The molecule has 3 rings (SSSR count). The summed E-state index contributed by atoms with van der Waals surface area (Å²) in [6, 6.07) is 0. The van der Waals surface area contributed by atoms with Crippen molar-refractivity contribution < 1.29 is 24.5 Å². The number of nitrogen functional groups attached to an aromatic ring is 1. The van der Waals surface area contributed by atoms with Gasteiger partial charge in [0.05, 0.1) is 12.9 Å². The van der Waals surface area contributed by atoms with Gasteiger partial charge in [-0.15, -0.1) is 0 Å². The molecule has 0 aliphatic carbocycles. The van der Waals surface area contributed by atoms with Crippen molar-refractivity contribution in [2.75, 3.05) is 18.9 Å². The van der Waals surface area contributed by atoms with Crippen LogP contribution in [-0.2, 0) is 14.3 Å². The van der Waals surface area contributed by atoms with E-state index in [0.29, 0.717) is 17.5 Å². The lowest BCUT2D eigenvalue weighted by molar-refractivity contribution is -0.119. The smallest absolute Gasteiger partial charge is 0.167 e. The second-order valence-electron chi connectivity index (χ2n) is 4.79. The van der Waals surface area contributed by atoms with E-state index in [9.17, 15) is 15.0 Å². The minimum atomic E-state index is -1.09. The number of ether oxygens (including phenoxy) is 2. The van der Waals surface area contributed by atoms with Gasteiger partial charge in [0.15, 0.2) is 17.7 Å². The van der Waals surface area contributed by atoms with Crippen LogP contribution in [0.1, 0.15) is 6.23 Å². The standard InChI is InChI=1S/C12H15N5O5/c13-10-7-11(15-4-14-10)17(5-16-7)12-9(21-2-1-18)8(20)6(3-19)22-12/h1,4-6,8-9,12,19-20H,2-3H2,(H2,13,14,15)/t6-,8-,9-,12-/m1/s1. The fourth-order valence-electron chi connectivity index (χ4n) is 2.48. The molecule has 4 atom stereocenters. The van der Waals surface area contributed by atoms with Gasteiger partial charge in [0.25, 0.3) is 0 Å². The van der Waals surface area contributed by atoms with Crippen LogP contribution in [0.4, 0.5) is 5.82 Å². The first kappa shape index (κ1) is 14.8. The van der Waals surface area contributed by atoms with E-state index >= 15 is 0 Å². The molecule has 1 saturated heterocycles. The Morgan fingerprint density at radius 3 is 3.00 bits per heavy atom. The number of hydrogen-bond acceptors (Lipinski definition) is 9. The second kappa shape index (κ2) is 5.93. The summed E-state index contributed by atoms with van der Waals surface area (Å²) < 4.78 is 12.5. The van der Waals surface area contributed by atoms with Crippen LogP contribution in [0.15, 0.2) is 12.7 Å². The molecule has 10 heteroatoms. The molecule has 1 aliphatic rings. The molecular formula is C12H15N5O5. The molecule has 1 fully saturated rings. The number of carbonyl (C=O) groups excluding carboxylic acids is 1. The highest BCUT2D eigenvalue weighted by molar-refractivity contribution is 5.81. The van der Waals surface area contributed by atoms with Crippen molar-refractivity contribution in [3.05, 3.63) is 12.7 Å². The third kappa shape index (κ3) is 2.31. The van der Waals surface area contributed by atoms with E-state index in [0.717, 1.165) is 0 Å². The number of carbonyl (C=O) groups is 1. The number of nitrogens with two attached hydrogens (primary N) is 1. The summed E-state index contributed by atoms with van der Waals surface area (Å²) in [6.45, 7) is -0.591. The third-order valence-electron chi connectivity index (χ3n) is 3.51. The highest BCUT2D eigenvalue weighted by atomic mass is 16.6. The topological polar surface area (TPSA) is 146 Å². The van der Waals surface area contributed by atoms with Gasteiger partial charge in [-0.05, 0) is 0 Å². The fourth-order valence-corrected chi connectivity index (χ4v) is 2.48. The van der Waals surface area contributed by atoms with Gasteiger partial charge in [0.2, 0.25) is 0 Å². The molecule has 2 aromatic rings. The zero-order chi connectivity index (χ0) is 15.7.